The first-order valence-corrected chi connectivity index (χ1v) is 11.3. The second kappa shape index (κ2) is 10.9. The summed E-state index contributed by atoms with van der Waals surface area (Å²) in [4.78, 5) is 37.5. The number of anilines is 1. The molecule has 1 aliphatic rings. The molecule has 0 atom stereocenters. The van der Waals surface area contributed by atoms with Gasteiger partial charge in [0, 0.05) is 32.7 Å². The van der Waals surface area contributed by atoms with E-state index in [1.165, 1.54) is 0 Å². The number of nitrogens with one attached hydrogen (secondary N) is 1. The van der Waals surface area contributed by atoms with Crippen LogP contribution in [-0.4, -0.2) is 76.7 Å². The number of aromatic nitrogens is 2. The highest BCUT2D eigenvalue weighted by atomic mass is 16.6. The number of aryl methyl sites for hydroxylation is 2. The number of rotatable bonds is 7. The Morgan fingerprint density at radius 2 is 1.72 bits per heavy atom. The number of piperidine rings is 1. The number of carbonyl (C=O) groups excluding carboxylic acids is 2. The van der Waals surface area contributed by atoms with Crippen molar-refractivity contribution in [2.75, 3.05) is 38.6 Å². The fourth-order valence-electron chi connectivity index (χ4n) is 3.77. The minimum atomic E-state index is -0.604. The highest BCUT2D eigenvalue weighted by molar-refractivity contribution is 5.86. The molecule has 0 aromatic carbocycles. The van der Waals surface area contributed by atoms with Crippen LogP contribution in [0.25, 0.3) is 0 Å². The van der Waals surface area contributed by atoms with Crippen molar-refractivity contribution in [1.82, 2.24) is 19.8 Å². The molecule has 2 rings (SSSR count). The zero-order valence-electron chi connectivity index (χ0n) is 20.8. The van der Waals surface area contributed by atoms with Gasteiger partial charge in [0.15, 0.2) is 6.61 Å². The molecule has 0 spiro atoms. The summed E-state index contributed by atoms with van der Waals surface area (Å²) in [6, 6.07) is 0.336. The van der Waals surface area contributed by atoms with Crippen molar-refractivity contribution in [3.05, 3.63) is 11.4 Å². The van der Waals surface area contributed by atoms with E-state index >= 15 is 0 Å². The van der Waals surface area contributed by atoms with Crippen LogP contribution in [0.5, 0.6) is 6.01 Å². The smallest absolute Gasteiger partial charge is 0.412 e. The van der Waals surface area contributed by atoms with Gasteiger partial charge in [0.2, 0.25) is 0 Å². The van der Waals surface area contributed by atoms with Gasteiger partial charge in [0.1, 0.15) is 5.60 Å². The van der Waals surface area contributed by atoms with E-state index in [0.717, 1.165) is 32.5 Å². The van der Waals surface area contributed by atoms with E-state index in [1.807, 2.05) is 7.05 Å². The van der Waals surface area contributed by atoms with Gasteiger partial charge in [-0.1, -0.05) is 13.8 Å². The Morgan fingerprint density at radius 1 is 1.16 bits per heavy atom. The maximum atomic E-state index is 12.6. The number of hydrogen-bond donors (Lipinski definition) is 1. The van der Waals surface area contributed by atoms with Gasteiger partial charge < -0.3 is 19.3 Å². The van der Waals surface area contributed by atoms with Gasteiger partial charge in [-0.15, -0.1) is 0 Å². The largest absolute Gasteiger partial charge is 0.453 e. The second-order valence-corrected chi connectivity index (χ2v) is 9.90. The third-order valence-electron chi connectivity index (χ3n) is 5.32. The van der Waals surface area contributed by atoms with Gasteiger partial charge in [0.05, 0.1) is 17.1 Å². The van der Waals surface area contributed by atoms with Crippen LogP contribution in [0.4, 0.5) is 10.5 Å². The van der Waals surface area contributed by atoms with Crippen molar-refractivity contribution < 1.29 is 19.1 Å². The average Bonchev–Trinajstić information content (AvgIpc) is 2.67. The summed E-state index contributed by atoms with van der Waals surface area (Å²) >= 11 is 0. The van der Waals surface area contributed by atoms with E-state index in [9.17, 15) is 9.59 Å². The molecule has 1 aliphatic heterocycles. The Kier molecular flexibility index (Phi) is 8.83. The Labute approximate surface area is 191 Å². The number of carbonyl (C=O) groups is 2. The summed E-state index contributed by atoms with van der Waals surface area (Å²) in [5, 5.41) is 2.68. The Hall–Kier alpha value is -2.42. The van der Waals surface area contributed by atoms with E-state index in [-0.39, 0.29) is 24.6 Å². The van der Waals surface area contributed by atoms with Crippen molar-refractivity contribution in [2.24, 2.45) is 5.92 Å². The lowest BCUT2D eigenvalue weighted by Gasteiger charge is -2.37. The molecule has 1 aromatic heterocycles. The van der Waals surface area contributed by atoms with Crippen LogP contribution in [-0.2, 0) is 9.53 Å². The zero-order valence-corrected chi connectivity index (χ0v) is 20.8. The normalized spacial score (nSPS) is 15.5. The molecule has 180 valence electrons. The van der Waals surface area contributed by atoms with Crippen LogP contribution in [0.2, 0.25) is 0 Å². The first-order chi connectivity index (χ1) is 14.9. The summed E-state index contributed by atoms with van der Waals surface area (Å²) in [6.07, 6.45) is 1.36. The first kappa shape index (κ1) is 25.8. The van der Waals surface area contributed by atoms with Crippen molar-refractivity contribution in [1.29, 1.82) is 0 Å². The molecule has 0 saturated carbocycles. The van der Waals surface area contributed by atoms with Gasteiger partial charge in [-0.05, 0) is 53.4 Å². The van der Waals surface area contributed by atoms with E-state index in [1.54, 1.807) is 39.5 Å². The molecule has 0 aliphatic carbocycles. The van der Waals surface area contributed by atoms with E-state index in [4.69, 9.17) is 9.47 Å². The lowest BCUT2D eigenvalue weighted by Crippen LogP contribution is -2.47. The monoisotopic (exact) mass is 449 g/mol. The van der Waals surface area contributed by atoms with Crippen molar-refractivity contribution in [3.8, 4) is 6.01 Å². The summed E-state index contributed by atoms with van der Waals surface area (Å²) in [7, 11) is 1.83. The Balaban J connectivity index is 1.89. The highest BCUT2D eigenvalue weighted by Crippen LogP contribution is 2.21. The highest BCUT2D eigenvalue weighted by Gasteiger charge is 2.26. The first-order valence-electron chi connectivity index (χ1n) is 11.3. The predicted octanol–water partition coefficient (Wildman–Crippen LogP) is 3.40. The second-order valence-electron chi connectivity index (χ2n) is 9.90. The summed E-state index contributed by atoms with van der Waals surface area (Å²) < 4.78 is 10.9. The fourth-order valence-corrected chi connectivity index (χ4v) is 3.77. The number of likely N-dealkylation sites (tertiary alicyclic amines) is 1. The molecule has 9 heteroatoms. The standard InChI is InChI=1S/C23H39N5O4/c1-15(2)13-28-11-9-18(10-12-28)27(8)19(29)14-31-21-24-16(3)20(17(4)25-21)26-22(30)32-23(5,6)7/h15,18H,9-14H2,1-8H3,(H,26,30). The predicted molar refractivity (Wildman–Crippen MR) is 124 cm³/mol. The van der Waals surface area contributed by atoms with Gasteiger partial charge in [-0.25, -0.2) is 4.79 Å². The van der Waals surface area contributed by atoms with Crippen molar-refractivity contribution >= 4 is 17.7 Å². The minimum Gasteiger partial charge on any atom is -0.453 e. The summed E-state index contributed by atoms with van der Waals surface area (Å²) in [5.74, 6) is 0.555. The molecule has 2 heterocycles. The molecule has 1 N–H and O–H groups in total. The van der Waals surface area contributed by atoms with E-state index < -0.39 is 11.7 Å². The Morgan fingerprint density at radius 3 is 2.22 bits per heavy atom. The number of amides is 2. The molecule has 1 saturated heterocycles. The van der Waals surface area contributed by atoms with Crippen molar-refractivity contribution in [3.63, 3.8) is 0 Å². The number of ether oxygens (including phenoxy) is 2. The summed E-state index contributed by atoms with van der Waals surface area (Å²) in [6.45, 7) is 16.3. The average molecular weight is 450 g/mol. The van der Waals surface area contributed by atoms with Crippen LogP contribution in [0, 0.1) is 19.8 Å². The minimum absolute atomic E-state index is 0.0952. The van der Waals surface area contributed by atoms with Gasteiger partial charge in [-0.2, -0.15) is 9.97 Å². The molecule has 0 unspecified atom stereocenters. The molecular weight excluding hydrogens is 410 g/mol. The molecule has 0 radical (unpaired) electrons. The van der Waals surface area contributed by atoms with E-state index in [2.05, 4.69) is 34.0 Å². The van der Waals surface area contributed by atoms with E-state index in [0.29, 0.717) is 23.0 Å². The quantitative estimate of drug-likeness (QED) is 0.681. The lowest BCUT2D eigenvalue weighted by molar-refractivity contribution is -0.135. The van der Waals surface area contributed by atoms with Crippen LogP contribution in [0.15, 0.2) is 0 Å². The van der Waals surface area contributed by atoms with Crippen LogP contribution >= 0.6 is 0 Å². The van der Waals surface area contributed by atoms with Crippen LogP contribution < -0.4 is 10.1 Å². The molecule has 2 amide bonds. The van der Waals surface area contributed by atoms with Crippen LogP contribution in [0.1, 0.15) is 58.8 Å². The lowest BCUT2D eigenvalue weighted by atomic mass is 10.0. The molecule has 1 fully saturated rings. The summed E-state index contributed by atoms with van der Waals surface area (Å²) in [5.41, 5.74) is 0.948. The van der Waals surface area contributed by atoms with Gasteiger partial charge in [-0.3, -0.25) is 10.1 Å². The number of hydrogen-bond acceptors (Lipinski definition) is 7. The maximum absolute atomic E-state index is 12.6. The fraction of sp³-hybridized carbons (Fsp3) is 0.739. The molecule has 0 bridgehead atoms. The van der Waals surface area contributed by atoms with Crippen molar-refractivity contribution in [2.45, 2.75) is 73.0 Å². The molecular formula is C23H39N5O4. The van der Waals surface area contributed by atoms with Gasteiger partial charge >= 0.3 is 12.1 Å². The third kappa shape index (κ3) is 7.93. The zero-order chi connectivity index (χ0) is 24.1. The molecule has 32 heavy (non-hydrogen) atoms. The number of nitrogens with zero attached hydrogens (tertiary/aromatic N) is 4. The number of likely N-dealkylation sites (N-methyl/N-ethyl adjacent to an activating group) is 1. The topological polar surface area (TPSA) is 96.9 Å². The Bertz CT molecular complexity index is 775. The van der Waals surface area contributed by atoms with Crippen LogP contribution in [0.3, 0.4) is 0 Å². The van der Waals surface area contributed by atoms with Gasteiger partial charge in [0.25, 0.3) is 5.91 Å². The maximum Gasteiger partial charge on any atom is 0.412 e. The third-order valence-corrected chi connectivity index (χ3v) is 5.32. The SMILES string of the molecule is Cc1nc(OCC(=O)N(C)C2CCN(CC(C)C)CC2)nc(C)c1NC(=O)OC(C)(C)C. The molecule has 1 aromatic rings. The molecule has 9 nitrogen and oxygen atoms in total.